The smallest absolute Gasteiger partial charge is 0.309 e. The van der Waals surface area contributed by atoms with Crippen molar-refractivity contribution < 1.29 is 14.3 Å². The maximum Gasteiger partial charge on any atom is 0.309 e. The molecule has 2 aliphatic rings. The maximum atomic E-state index is 13.1. The number of rotatable bonds is 7. The Balaban J connectivity index is 1.26. The molecule has 2 aliphatic heterocycles. The molecule has 0 saturated carbocycles. The minimum Gasteiger partial charge on any atom is -0.416 e. The Kier molecular flexibility index (Phi) is 7.26. The highest BCUT2D eigenvalue weighted by Gasteiger charge is 2.28. The van der Waals surface area contributed by atoms with Gasteiger partial charge in [-0.1, -0.05) is 32.9 Å². The predicted molar refractivity (Wildman–Crippen MR) is 151 cm³/mol. The van der Waals surface area contributed by atoms with E-state index < -0.39 is 5.91 Å². The summed E-state index contributed by atoms with van der Waals surface area (Å²) >= 11 is 0. The number of anilines is 2. The largest absolute Gasteiger partial charge is 0.416 e. The van der Waals surface area contributed by atoms with Crippen LogP contribution >= 0.6 is 0 Å². The predicted octanol–water partition coefficient (Wildman–Crippen LogP) is 3.38. The Labute approximate surface area is 238 Å². The van der Waals surface area contributed by atoms with Gasteiger partial charge in [0, 0.05) is 43.4 Å². The van der Waals surface area contributed by atoms with Crippen molar-refractivity contribution in [3.63, 3.8) is 0 Å². The number of aromatic nitrogens is 6. The van der Waals surface area contributed by atoms with Gasteiger partial charge in [-0.2, -0.15) is 5.10 Å². The van der Waals surface area contributed by atoms with Gasteiger partial charge in [-0.15, -0.1) is 10.2 Å². The first kappa shape index (κ1) is 27.0. The Hall–Kier alpha value is -4.16. The highest BCUT2D eigenvalue weighted by molar-refractivity contribution is 5.89. The van der Waals surface area contributed by atoms with E-state index >= 15 is 0 Å². The fourth-order valence-corrected chi connectivity index (χ4v) is 5.42. The maximum absolute atomic E-state index is 13.1. The van der Waals surface area contributed by atoms with Crippen LogP contribution in [0, 0.1) is 0 Å². The molecule has 1 atom stereocenters. The van der Waals surface area contributed by atoms with E-state index in [0.717, 1.165) is 47.5 Å². The van der Waals surface area contributed by atoms with E-state index in [1.54, 1.807) is 6.20 Å². The van der Waals surface area contributed by atoms with Gasteiger partial charge in [0.25, 0.3) is 0 Å². The van der Waals surface area contributed by atoms with Crippen molar-refractivity contribution in [1.29, 1.82) is 0 Å². The molecule has 0 radical (unpaired) electrons. The third-order valence-corrected chi connectivity index (χ3v) is 7.56. The van der Waals surface area contributed by atoms with Crippen LogP contribution in [0.25, 0.3) is 11.3 Å². The van der Waals surface area contributed by atoms with Gasteiger partial charge < -0.3 is 20.2 Å². The van der Waals surface area contributed by atoms with Crippen molar-refractivity contribution in [1.82, 2.24) is 40.2 Å². The fraction of sp³-hybridized carbons (Fsp3) is 0.448. The van der Waals surface area contributed by atoms with Crippen LogP contribution in [-0.4, -0.2) is 65.6 Å². The molecule has 0 spiro atoms. The zero-order valence-corrected chi connectivity index (χ0v) is 23.6. The van der Waals surface area contributed by atoms with Crippen LogP contribution in [0.4, 0.5) is 11.6 Å². The summed E-state index contributed by atoms with van der Waals surface area (Å²) in [6.07, 6.45) is 6.33. The Morgan fingerprint density at radius 2 is 2.07 bits per heavy atom. The second-order valence-corrected chi connectivity index (χ2v) is 11.6. The fourth-order valence-electron chi connectivity index (χ4n) is 5.42. The van der Waals surface area contributed by atoms with Gasteiger partial charge in [0.2, 0.25) is 11.8 Å². The number of carbonyl (C=O) groups is 1. The highest BCUT2D eigenvalue weighted by atomic mass is 16.4. The summed E-state index contributed by atoms with van der Waals surface area (Å²) in [5.41, 5.74) is 5.57. The van der Waals surface area contributed by atoms with Crippen LogP contribution < -0.4 is 10.6 Å². The molecule has 1 aromatic carbocycles. The van der Waals surface area contributed by atoms with Gasteiger partial charge in [-0.3, -0.25) is 14.4 Å². The number of aliphatic hydroxyl groups excluding tert-OH is 1. The van der Waals surface area contributed by atoms with Crippen molar-refractivity contribution in [3.8, 4) is 11.3 Å². The number of amides is 1. The van der Waals surface area contributed by atoms with Gasteiger partial charge in [-0.05, 0) is 42.5 Å². The van der Waals surface area contributed by atoms with E-state index in [9.17, 15) is 9.90 Å². The van der Waals surface area contributed by atoms with Gasteiger partial charge in [-0.25, -0.2) is 9.97 Å². The first-order chi connectivity index (χ1) is 19.8. The van der Waals surface area contributed by atoms with Crippen LogP contribution in [0.2, 0.25) is 0 Å². The topological polar surface area (TPSA) is 147 Å². The summed E-state index contributed by atoms with van der Waals surface area (Å²) in [6, 6.07) is 7.81. The molecule has 4 aromatic rings. The van der Waals surface area contributed by atoms with Gasteiger partial charge >= 0.3 is 11.8 Å². The number of hydrogen-bond donors (Lipinski definition) is 3. The van der Waals surface area contributed by atoms with Crippen molar-refractivity contribution >= 4 is 17.5 Å². The molecule has 3 N–H and O–H groups in total. The second-order valence-electron chi connectivity index (χ2n) is 11.6. The van der Waals surface area contributed by atoms with Crippen LogP contribution in [0.1, 0.15) is 73.1 Å². The third-order valence-electron chi connectivity index (χ3n) is 7.56. The van der Waals surface area contributed by atoms with E-state index in [4.69, 9.17) is 9.40 Å². The molecule has 3 aromatic heterocycles. The average molecular weight is 558 g/mol. The molecule has 1 amide bonds. The molecular weight excluding hydrogens is 522 g/mol. The first-order valence-corrected chi connectivity index (χ1v) is 14.0. The van der Waals surface area contributed by atoms with Crippen molar-refractivity contribution in [2.75, 3.05) is 25.0 Å². The number of benzene rings is 1. The summed E-state index contributed by atoms with van der Waals surface area (Å²) in [4.78, 5) is 24.5. The molecule has 5 heterocycles. The summed E-state index contributed by atoms with van der Waals surface area (Å²) in [6.45, 7) is 8.76. The van der Waals surface area contributed by atoms with E-state index in [-0.39, 0.29) is 24.0 Å². The molecular formula is C29H35N9O3. The zero-order chi connectivity index (χ0) is 28.6. The summed E-state index contributed by atoms with van der Waals surface area (Å²) < 4.78 is 7.70. The number of fused-ring (bicyclic) bond motifs is 2. The summed E-state index contributed by atoms with van der Waals surface area (Å²) in [5.74, 6) is 0.483. The number of hydrogen-bond acceptors (Lipinski definition) is 10. The molecule has 0 saturated heterocycles. The molecule has 12 heteroatoms. The lowest BCUT2D eigenvalue weighted by atomic mass is 9.96. The van der Waals surface area contributed by atoms with Crippen LogP contribution in [0.15, 0.2) is 41.1 Å². The molecule has 0 aliphatic carbocycles. The van der Waals surface area contributed by atoms with Crippen molar-refractivity contribution in [3.05, 3.63) is 65.3 Å². The number of aliphatic hydroxyl groups is 1. The van der Waals surface area contributed by atoms with Crippen molar-refractivity contribution in [2.45, 2.75) is 64.6 Å². The lowest BCUT2D eigenvalue weighted by molar-refractivity contribution is 0.0893. The van der Waals surface area contributed by atoms with Gasteiger partial charge in [0.05, 0.1) is 35.9 Å². The van der Waals surface area contributed by atoms with Crippen LogP contribution in [0.3, 0.4) is 0 Å². The molecule has 214 valence electrons. The van der Waals surface area contributed by atoms with Gasteiger partial charge in [0.15, 0.2) is 0 Å². The normalized spacial score (nSPS) is 17.1. The Morgan fingerprint density at radius 1 is 1.20 bits per heavy atom. The third kappa shape index (κ3) is 5.70. The van der Waals surface area contributed by atoms with E-state index in [2.05, 4.69) is 41.9 Å². The SMILES string of the molecule is CC(C)(C)c1nnc(C(=O)N[C@H]2CCN(CCO)Cc3cc(-c4ccnc(Nc5cnn6c5CCC6)n4)ccc32)o1. The zero-order valence-electron chi connectivity index (χ0n) is 23.6. The molecule has 6 rings (SSSR count). The molecule has 41 heavy (non-hydrogen) atoms. The number of β-amino-alcohol motifs (C(OH)–C–C–N with tert-alkyl or cyclic N) is 1. The van der Waals surface area contributed by atoms with Gasteiger partial charge in [0.1, 0.15) is 0 Å². The number of nitrogens with one attached hydrogen (secondary N) is 2. The first-order valence-electron chi connectivity index (χ1n) is 14.0. The molecule has 0 bridgehead atoms. The Morgan fingerprint density at radius 3 is 2.88 bits per heavy atom. The second kappa shape index (κ2) is 11.0. The Bertz CT molecular complexity index is 1560. The van der Waals surface area contributed by atoms with Crippen molar-refractivity contribution in [2.24, 2.45) is 0 Å². The molecule has 12 nitrogen and oxygen atoms in total. The number of nitrogens with zero attached hydrogens (tertiary/aromatic N) is 7. The standard InChI is InChI=1S/C29H35N9O3/c1-29(2,3)27-36-35-26(41-27)25(40)32-22-9-12-37(13-14-39)17-19-15-18(6-7-20(19)22)21-8-10-30-28(33-21)34-23-16-31-38-11-4-5-24(23)38/h6-8,10,15-16,22,39H,4-5,9,11-14,17H2,1-3H3,(H,32,40)(H,30,33,34)/t22-/m0/s1. The van der Waals surface area contributed by atoms with Crippen LogP contribution in [0.5, 0.6) is 0 Å². The van der Waals surface area contributed by atoms with E-state index in [1.165, 1.54) is 5.69 Å². The summed E-state index contributed by atoms with van der Waals surface area (Å²) in [5, 5.41) is 28.6. The summed E-state index contributed by atoms with van der Waals surface area (Å²) in [7, 11) is 0. The lowest BCUT2D eigenvalue weighted by Gasteiger charge is -2.19. The number of aryl methyl sites for hydroxylation is 1. The highest BCUT2D eigenvalue weighted by Crippen LogP contribution is 2.32. The van der Waals surface area contributed by atoms with Crippen LogP contribution in [-0.2, 0) is 24.9 Å². The quantitative estimate of drug-likeness (QED) is 0.309. The van der Waals surface area contributed by atoms with E-state index in [1.807, 2.05) is 49.8 Å². The monoisotopic (exact) mass is 557 g/mol. The molecule has 0 fully saturated rings. The minimum absolute atomic E-state index is 0.0466. The minimum atomic E-state index is -0.401. The lowest BCUT2D eigenvalue weighted by Crippen LogP contribution is -2.31. The average Bonchev–Trinajstić information content (AvgIpc) is 3.68. The van der Waals surface area contributed by atoms with E-state index in [0.29, 0.717) is 37.9 Å². The number of carbonyl (C=O) groups excluding carboxylic acids is 1. The molecule has 0 unspecified atom stereocenters.